The second-order valence-corrected chi connectivity index (χ2v) is 12.6. The van der Waals surface area contributed by atoms with Crippen LogP contribution in [0.2, 0.25) is 10.0 Å². The van der Waals surface area contributed by atoms with Gasteiger partial charge >= 0.3 is 0 Å². The smallest absolute Gasteiger partial charge is 0.0737 e. The molecule has 0 radical (unpaired) electrons. The zero-order valence-corrected chi connectivity index (χ0v) is 26.9. The Morgan fingerprint density at radius 2 is 1.02 bits per heavy atom. The summed E-state index contributed by atoms with van der Waals surface area (Å²) in [5.41, 5.74) is 4.20. The molecule has 43 heavy (non-hydrogen) atoms. The molecule has 4 heterocycles. The summed E-state index contributed by atoms with van der Waals surface area (Å²) in [6.07, 6.45) is 15.6. The Kier molecular flexibility index (Phi) is 12.6. The molecule has 230 valence electrons. The maximum Gasteiger partial charge on any atom is 0.0737 e. The van der Waals surface area contributed by atoms with E-state index in [4.69, 9.17) is 23.2 Å². The van der Waals surface area contributed by atoms with Crippen molar-refractivity contribution in [2.24, 2.45) is 0 Å². The van der Waals surface area contributed by atoms with E-state index in [1.807, 2.05) is 60.9 Å². The Morgan fingerprint density at radius 1 is 0.558 bits per heavy atom. The lowest BCUT2D eigenvalue weighted by Gasteiger charge is -2.26. The third kappa shape index (κ3) is 9.94. The summed E-state index contributed by atoms with van der Waals surface area (Å²) < 4.78 is 0. The van der Waals surface area contributed by atoms with Crippen LogP contribution in [-0.2, 0) is 0 Å². The first-order valence-corrected chi connectivity index (χ1v) is 16.9. The molecule has 0 amide bonds. The van der Waals surface area contributed by atoms with E-state index in [1.54, 1.807) is 0 Å². The molecule has 2 aliphatic heterocycles. The standard InChI is InChI=1S/C18H24ClN3.C17H22ClN3/c19-15-6-7-16-17(8-10-21-18(16)14-15)20-9-2-5-13-22-11-3-1-4-12-22;18-14-5-6-15-16(7-9-20-17(15)13-14)19-8-4-12-21-10-2-1-3-11-21/h6-8,10,14H,1-5,9,11-13H2,(H,20,21);5-7,9,13H,1-4,8,10-12H2,(H,19,20). The average molecular weight is 622 g/mol. The van der Waals surface area contributed by atoms with Gasteiger partial charge in [0.2, 0.25) is 0 Å². The van der Waals surface area contributed by atoms with Crippen molar-refractivity contribution in [3.63, 3.8) is 0 Å². The van der Waals surface area contributed by atoms with Gasteiger partial charge in [0.25, 0.3) is 0 Å². The Morgan fingerprint density at radius 3 is 1.53 bits per heavy atom. The summed E-state index contributed by atoms with van der Waals surface area (Å²) in [5, 5.41) is 10.8. The van der Waals surface area contributed by atoms with E-state index in [2.05, 4.69) is 30.4 Å². The van der Waals surface area contributed by atoms with Crippen LogP contribution >= 0.6 is 23.2 Å². The molecule has 2 aromatic heterocycles. The fourth-order valence-corrected chi connectivity index (χ4v) is 6.46. The normalized spacial score (nSPS) is 16.1. The molecule has 0 spiro atoms. The van der Waals surface area contributed by atoms with Crippen molar-refractivity contribution in [3.8, 4) is 0 Å². The van der Waals surface area contributed by atoms with Crippen LogP contribution in [0.1, 0.15) is 57.8 Å². The maximum atomic E-state index is 6.03. The number of unbranched alkanes of at least 4 members (excludes halogenated alkanes) is 1. The molecule has 0 aliphatic carbocycles. The van der Waals surface area contributed by atoms with Crippen LogP contribution in [0, 0.1) is 0 Å². The van der Waals surface area contributed by atoms with E-state index in [0.717, 1.165) is 56.3 Å². The quantitative estimate of drug-likeness (QED) is 0.163. The van der Waals surface area contributed by atoms with Crippen molar-refractivity contribution >= 4 is 56.4 Å². The largest absolute Gasteiger partial charge is 0.384 e. The van der Waals surface area contributed by atoms with E-state index in [1.165, 1.54) is 97.1 Å². The Hall–Kier alpha value is -2.64. The highest BCUT2D eigenvalue weighted by molar-refractivity contribution is 6.31. The maximum absolute atomic E-state index is 6.03. The second-order valence-electron chi connectivity index (χ2n) is 11.8. The molecule has 2 saturated heterocycles. The van der Waals surface area contributed by atoms with Gasteiger partial charge in [0.15, 0.2) is 0 Å². The van der Waals surface area contributed by atoms with Crippen LogP contribution in [-0.4, -0.2) is 72.1 Å². The molecular formula is C35H46Cl2N6. The first kappa shape index (κ1) is 31.8. The molecule has 2 aliphatic rings. The van der Waals surface area contributed by atoms with Crippen LogP contribution in [0.25, 0.3) is 21.8 Å². The van der Waals surface area contributed by atoms with Gasteiger partial charge in [0.1, 0.15) is 0 Å². The summed E-state index contributed by atoms with van der Waals surface area (Å²) in [7, 11) is 0. The van der Waals surface area contributed by atoms with E-state index >= 15 is 0 Å². The number of halogens is 2. The molecule has 0 saturated carbocycles. The van der Waals surface area contributed by atoms with Gasteiger partial charge in [-0.25, -0.2) is 0 Å². The SMILES string of the molecule is Clc1ccc2c(NCCCCN3CCCCC3)ccnc2c1.Clc1ccc2c(NCCCN3CCCCC3)ccnc2c1. The van der Waals surface area contributed by atoms with Crippen LogP contribution in [0.4, 0.5) is 11.4 Å². The molecule has 2 N–H and O–H groups in total. The first-order valence-electron chi connectivity index (χ1n) is 16.2. The van der Waals surface area contributed by atoms with Crippen molar-refractivity contribution < 1.29 is 0 Å². The van der Waals surface area contributed by atoms with E-state index in [9.17, 15) is 0 Å². The van der Waals surface area contributed by atoms with E-state index < -0.39 is 0 Å². The van der Waals surface area contributed by atoms with Gasteiger partial charge in [-0.1, -0.05) is 36.0 Å². The third-order valence-corrected chi connectivity index (χ3v) is 8.96. The number of benzene rings is 2. The molecular weight excluding hydrogens is 575 g/mol. The molecule has 2 aromatic carbocycles. The van der Waals surface area contributed by atoms with Gasteiger partial charge < -0.3 is 20.4 Å². The van der Waals surface area contributed by atoms with Crippen molar-refractivity contribution in [3.05, 3.63) is 71.0 Å². The number of pyridine rings is 2. The number of piperidine rings is 2. The zero-order valence-electron chi connectivity index (χ0n) is 25.3. The van der Waals surface area contributed by atoms with Crippen LogP contribution in [0.3, 0.4) is 0 Å². The predicted octanol–water partition coefficient (Wildman–Crippen LogP) is 8.74. The highest BCUT2D eigenvalue weighted by Gasteiger charge is 2.10. The minimum atomic E-state index is 0.734. The van der Waals surface area contributed by atoms with Crippen molar-refractivity contribution in [2.45, 2.75) is 57.8 Å². The molecule has 0 atom stereocenters. The Balaban J connectivity index is 0.000000171. The number of aromatic nitrogens is 2. The minimum Gasteiger partial charge on any atom is -0.384 e. The number of nitrogens with zero attached hydrogens (tertiary/aromatic N) is 4. The Bertz CT molecular complexity index is 1420. The zero-order chi connectivity index (χ0) is 29.7. The number of likely N-dealkylation sites (tertiary alicyclic amines) is 2. The minimum absolute atomic E-state index is 0.734. The van der Waals surface area contributed by atoms with Crippen LogP contribution in [0.5, 0.6) is 0 Å². The Labute approximate surface area is 267 Å². The van der Waals surface area contributed by atoms with Gasteiger partial charge in [-0.3, -0.25) is 9.97 Å². The number of hydrogen-bond donors (Lipinski definition) is 2. The lowest BCUT2D eigenvalue weighted by Crippen LogP contribution is -2.31. The van der Waals surface area contributed by atoms with Crippen LogP contribution in [0.15, 0.2) is 60.9 Å². The van der Waals surface area contributed by atoms with Crippen LogP contribution < -0.4 is 10.6 Å². The number of nitrogens with one attached hydrogen (secondary N) is 2. The molecule has 4 aromatic rings. The molecule has 2 fully saturated rings. The highest BCUT2D eigenvalue weighted by Crippen LogP contribution is 2.25. The first-order chi connectivity index (χ1) is 21.2. The average Bonchev–Trinajstić information content (AvgIpc) is 3.04. The predicted molar refractivity (Wildman–Crippen MR) is 185 cm³/mol. The third-order valence-electron chi connectivity index (χ3n) is 8.49. The van der Waals surface area contributed by atoms with Gasteiger partial charge in [-0.05, 0) is 133 Å². The van der Waals surface area contributed by atoms with Gasteiger partial charge in [0, 0.05) is 57.7 Å². The van der Waals surface area contributed by atoms with E-state index in [-0.39, 0.29) is 0 Å². The van der Waals surface area contributed by atoms with Crippen molar-refractivity contribution in [1.82, 2.24) is 19.8 Å². The summed E-state index contributed by atoms with van der Waals surface area (Å²) in [6, 6.07) is 15.8. The molecule has 8 heteroatoms. The summed E-state index contributed by atoms with van der Waals surface area (Å²) in [4.78, 5) is 13.9. The highest BCUT2D eigenvalue weighted by atomic mass is 35.5. The molecule has 0 bridgehead atoms. The van der Waals surface area contributed by atoms with Gasteiger partial charge in [-0.2, -0.15) is 0 Å². The monoisotopic (exact) mass is 620 g/mol. The summed E-state index contributed by atoms with van der Waals surface area (Å²) >= 11 is 12.0. The van der Waals surface area contributed by atoms with Crippen molar-refractivity contribution in [1.29, 1.82) is 0 Å². The fraction of sp³-hybridized carbons (Fsp3) is 0.486. The number of fused-ring (bicyclic) bond motifs is 2. The number of hydrogen-bond acceptors (Lipinski definition) is 6. The van der Waals surface area contributed by atoms with Gasteiger partial charge in [0.05, 0.1) is 11.0 Å². The topological polar surface area (TPSA) is 56.3 Å². The van der Waals surface area contributed by atoms with Crippen molar-refractivity contribution in [2.75, 3.05) is 63.0 Å². The van der Waals surface area contributed by atoms with E-state index in [0.29, 0.717) is 0 Å². The molecule has 6 nitrogen and oxygen atoms in total. The summed E-state index contributed by atoms with van der Waals surface area (Å²) in [5.74, 6) is 0. The molecule has 6 rings (SSSR count). The fourth-order valence-electron chi connectivity index (χ4n) is 6.13. The summed E-state index contributed by atoms with van der Waals surface area (Å²) in [6.45, 7) is 9.59. The molecule has 0 unspecified atom stereocenters. The van der Waals surface area contributed by atoms with Gasteiger partial charge in [-0.15, -0.1) is 0 Å². The number of anilines is 2. The lowest BCUT2D eigenvalue weighted by molar-refractivity contribution is 0.225. The number of rotatable bonds is 11. The lowest BCUT2D eigenvalue weighted by atomic mass is 10.1. The second kappa shape index (κ2) is 17.0.